The molecule has 12 heteroatoms. The Hall–Kier alpha value is -4.06. The lowest BCUT2D eigenvalue weighted by atomic mass is 9.85. The zero-order valence-corrected chi connectivity index (χ0v) is 18.8. The van der Waals surface area contributed by atoms with Gasteiger partial charge in [-0.25, -0.2) is 29.3 Å². The molecule has 2 aliphatic heterocycles. The Balaban J connectivity index is 1.45. The quantitative estimate of drug-likeness (QED) is 0.567. The second-order valence-electron chi connectivity index (χ2n) is 7.56. The highest BCUT2D eigenvalue weighted by Gasteiger charge is 2.45. The summed E-state index contributed by atoms with van der Waals surface area (Å²) in [4.78, 5) is 35.6. The Morgan fingerprint density at radius 2 is 2.03 bits per heavy atom. The predicted molar refractivity (Wildman–Crippen MR) is 126 cm³/mol. The summed E-state index contributed by atoms with van der Waals surface area (Å²) in [5.41, 5.74) is 7.91. The van der Waals surface area contributed by atoms with Gasteiger partial charge in [-0.3, -0.25) is 4.79 Å². The van der Waals surface area contributed by atoms with Gasteiger partial charge in [-0.2, -0.15) is 0 Å². The molecule has 0 saturated heterocycles. The minimum absolute atomic E-state index is 0.154. The minimum Gasteiger partial charge on any atom is -0.480 e. The van der Waals surface area contributed by atoms with Crippen LogP contribution in [0.1, 0.15) is 16.1 Å². The van der Waals surface area contributed by atoms with Gasteiger partial charge in [0.15, 0.2) is 11.0 Å². The number of carbonyl (C=O) groups is 1. The second kappa shape index (κ2) is 8.71. The molecule has 0 spiro atoms. The fraction of sp³-hybridized carbons (Fsp3) is 0.182. The number of ether oxygens (including phenoxy) is 1. The molecule has 4 heterocycles. The summed E-state index contributed by atoms with van der Waals surface area (Å²) in [6.45, 7) is 0.385. The van der Waals surface area contributed by atoms with Crippen LogP contribution in [0.3, 0.4) is 0 Å². The van der Waals surface area contributed by atoms with Gasteiger partial charge in [-0.1, -0.05) is 23.9 Å². The molecule has 1 atom stereocenters. The van der Waals surface area contributed by atoms with E-state index in [9.17, 15) is 9.18 Å². The number of rotatable bonds is 5. The minimum atomic E-state index is -0.784. The third-order valence-corrected chi connectivity index (χ3v) is 6.29. The van der Waals surface area contributed by atoms with E-state index < -0.39 is 17.3 Å². The standard InChI is InChI=1S/C22H19FN8O2S/c1-33-18-9-25-17(8-26-18)19(32)29-16-4-2-3-13(5-16)22-12-31(21-27-6-15(23)7-28-21)10-14(22)11-34-20(24)30-22/h2-10H,11-12H2,1H3,(H2,24,30)(H,29,32)/t22-/m1/s1. The van der Waals surface area contributed by atoms with Gasteiger partial charge in [-0.15, -0.1) is 0 Å². The number of methoxy groups -OCH3 is 1. The maximum Gasteiger partial charge on any atom is 0.275 e. The average Bonchev–Trinajstić information content (AvgIpc) is 3.24. The number of hydrogen-bond donors (Lipinski definition) is 2. The molecular formula is C22H19FN8O2S. The normalized spacial score (nSPS) is 19.2. The molecule has 2 aliphatic rings. The highest BCUT2D eigenvalue weighted by Crippen LogP contribution is 2.45. The molecule has 172 valence electrons. The molecule has 5 rings (SSSR count). The van der Waals surface area contributed by atoms with Crippen LogP contribution < -0.4 is 20.7 Å². The van der Waals surface area contributed by atoms with Gasteiger partial charge < -0.3 is 20.7 Å². The summed E-state index contributed by atoms with van der Waals surface area (Å²) in [5.74, 6) is 0.397. The van der Waals surface area contributed by atoms with E-state index in [4.69, 9.17) is 15.5 Å². The topological polar surface area (TPSA) is 132 Å². The first-order chi connectivity index (χ1) is 16.5. The summed E-state index contributed by atoms with van der Waals surface area (Å²) in [7, 11) is 1.47. The summed E-state index contributed by atoms with van der Waals surface area (Å²) >= 11 is 1.44. The number of nitrogens with one attached hydrogen (secondary N) is 1. The van der Waals surface area contributed by atoms with Gasteiger partial charge in [0.05, 0.1) is 38.4 Å². The molecule has 10 nitrogen and oxygen atoms in total. The van der Waals surface area contributed by atoms with Crippen molar-refractivity contribution in [2.75, 3.05) is 29.6 Å². The van der Waals surface area contributed by atoms with Crippen molar-refractivity contribution in [3.63, 3.8) is 0 Å². The number of nitrogens with zero attached hydrogens (tertiary/aromatic N) is 6. The van der Waals surface area contributed by atoms with E-state index >= 15 is 0 Å². The molecular weight excluding hydrogens is 459 g/mol. The van der Waals surface area contributed by atoms with Crippen LogP contribution in [0.25, 0.3) is 0 Å². The van der Waals surface area contributed by atoms with E-state index in [2.05, 4.69) is 25.3 Å². The maximum atomic E-state index is 13.3. The van der Waals surface area contributed by atoms with Crippen LogP contribution in [-0.2, 0) is 5.54 Å². The van der Waals surface area contributed by atoms with E-state index in [1.165, 1.54) is 31.3 Å². The molecule has 1 aromatic carbocycles. The van der Waals surface area contributed by atoms with Crippen molar-refractivity contribution >= 4 is 34.5 Å². The molecule has 0 fully saturated rings. The average molecular weight is 479 g/mol. The first-order valence-electron chi connectivity index (χ1n) is 10.2. The summed E-state index contributed by atoms with van der Waals surface area (Å²) in [6, 6.07) is 7.39. The molecule has 3 N–H and O–H groups in total. The number of carbonyl (C=O) groups excluding carboxylic acids is 1. The SMILES string of the molecule is COc1cnc(C(=O)Nc2cccc([C@]34CN(c5ncc(F)cn5)C=C3CSC(N)=N4)c2)cn1. The van der Waals surface area contributed by atoms with Crippen LogP contribution in [0.4, 0.5) is 16.0 Å². The number of amidine groups is 1. The number of aliphatic imine (C=N–C) groups is 1. The van der Waals surface area contributed by atoms with Crippen molar-refractivity contribution < 1.29 is 13.9 Å². The number of aromatic nitrogens is 4. The first-order valence-corrected chi connectivity index (χ1v) is 11.2. The van der Waals surface area contributed by atoms with Crippen LogP contribution in [0, 0.1) is 5.82 Å². The Bertz CT molecular complexity index is 1300. The molecule has 0 bridgehead atoms. The van der Waals surface area contributed by atoms with Crippen molar-refractivity contribution in [2.45, 2.75) is 5.54 Å². The number of benzene rings is 1. The second-order valence-corrected chi connectivity index (χ2v) is 8.56. The van der Waals surface area contributed by atoms with Crippen molar-refractivity contribution in [1.82, 2.24) is 19.9 Å². The van der Waals surface area contributed by atoms with Crippen LogP contribution in [0.5, 0.6) is 5.88 Å². The third-order valence-electron chi connectivity index (χ3n) is 5.45. The molecule has 34 heavy (non-hydrogen) atoms. The highest BCUT2D eigenvalue weighted by atomic mass is 32.2. The monoisotopic (exact) mass is 478 g/mol. The lowest BCUT2D eigenvalue weighted by Gasteiger charge is -2.33. The molecule has 0 unspecified atom stereocenters. The number of amides is 1. The number of halogens is 1. The molecule has 0 saturated carbocycles. The number of hydrogen-bond acceptors (Lipinski definition) is 10. The van der Waals surface area contributed by atoms with Crippen LogP contribution in [-0.4, -0.2) is 50.4 Å². The van der Waals surface area contributed by atoms with E-state index in [0.717, 1.165) is 23.5 Å². The fourth-order valence-electron chi connectivity index (χ4n) is 3.84. The number of thioether (sulfide) groups is 1. The van der Waals surface area contributed by atoms with Crippen LogP contribution >= 0.6 is 11.8 Å². The van der Waals surface area contributed by atoms with Gasteiger partial charge in [0.1, 0.15) is 11.2 Å². The summed E-state index contributed by atoms with van der Waals surface area (Å²) in [6.07, 6.45) is 6.90. The van der Waals surface area contributed by atoms with Crippen LogP contribution in [0.2, 0.25) is 0 Å². The summed E-state index contributed by atoms with van der Waals surface area (Å²) < 4.78 is 18.3. The zero-order valence-electron chi connectivity index (χ0n) is 18.0. The Kier molecular flexibility index (Phi) is 5.57. The van der Waals surface area contributed by atoms with Crippen LogP contribution in [0.15, 0.2) is 65.8 Å². The summed E-state index contributed by atoms with van der Waals surface area (Å²) in [5, 5.41) is 3.31. The van der Waals surface area contributed by atoms with Crippen molar-refractivity contribution in [2.24, 2.45) is 10.7 Å². The first kappa shape index (κ1) is 21.8. The van der Waals surface area contributed by atoms with Gasteiger partial charge in [-0.05, 0) is 23.3 Å². The zero-order chi connectivity index (χ0) is 23.7. The number of fused-ring (bicyclic) bond motifs is 1. The van der Waals surface area contributed by atoms with Gasteiger partial charge in [0, 0.05) is 17.6 Å². The van der Waals surface area contributed by atoms with E-state index in [1.54, 1.807) is 6.07 Å². The van der Waals surface area contributed by atoms with Crippen molar-refractivity contribution in [3.05, 3.63) is 77.9 Å². The van der Waals surface area contributed by atoms with Gasteiger partial charge >= 0.3 is 0 Å². The van der Waals surface area contributed by atoms with Crippen molar-refractivity contribution in [3.8, 4) is 5.88 Å². The molecule has 2 aromatic heterocycles. The predicted octanol–water partition coefficient (Wildman–Crippen LogP) is 2.33. The van der Waals surface area contributed by atoms with E-state index in [0.29, 0.717) is 35.0 Å². The lowest BCUT2D eigenvalue weighted by Crippen LogP contribution is -2.38. The third kappa shape index (κ3) is 4.03. The van der Waals surface area contributed by atoms with E-state index in [-0.39, 0.29) is 5.69 Å². The Morgan fingerprint density at radius 3 is 2.76 bits per heavy atom. The highest BCUT2D eigenvalue weighted by molar-refractivity contribution is 8.14. The largest absolute Gasteiger partial charge is 0.480 e. The van der Waals surface area contributed by atoms with Crippen molar-refractivity contribution in [1.29, 1.82) is 0 Å². The van der Waals surface area contributed by atoms with Gasteiger partial charge in [0.25, 0.3) is 5.91 Å². The Morgan fingerprint density at radius 1 is 1.21 bits per heavy atom. The molecule has 1 amide bonds. The molecule has 0 aliphatic carbocycles. The van der Waals surface area contributed by atoms with Gasteiger partial charge in [0.2, 0.25) is 11.8 Å². The number of anilines is 2. The smallest absolute Gasteiger partial charge is 0.275 e. The molecule has 3 aromatic rings. The maximum absolute atomic E-state index is 13.3. The Labute approximate surface area is 198 Å². The lowest BCUT2D eigenvalue weighted by molar-refractivity contribution is 0.102. The fourth-order valence-corrected chi connectivity index (χ4v) is 4.67. The number of nitrogens with two attached hydrogens (primary N) is 1. The van der Waals surface area contributed by atoms with E-state index in [1.807, 2.05) is 29.3 Å². The molecule has 0 radical (unpaired) electrons.